The molecule has 3 nitrogen and oxygen atoms in total. The van der Waals surface area contributed by atoms with E-state index in [1.165, 1.54) is 44.3 Å². The van der Waals surface area contributed by atoms with E-state index < -0.39 is 0 Å². The number of nitrogens with zero attached hydrogens (tertiary/aromatic N) is 2. The molecule has 1 aromatic rings. The molecule has 0 N–H and O–H groups in total. The smallest absolute Gasteiger partial charge is 0.102 e. The van der Waals surface area contributed by atoms with E-state index in [9.17, 15) is 0 Å². The van der Waals surface area contributed by atoms with Crippen LogP contribution in [0.15, 0.2) is 30.3 Å². The number of piperidine rings is 1. The molecule has 0 bridgehead atoms. The number of hydroxylamine groups is 2. The van der Waals surface area contributed by atoms with E-state index in [0.717, 1.165) is 12.8 Å². The highest BCUT2D eigenvalue weighted by molar-refractivity contribution is 5.17. The van der Waals surface area contributed by atoms with Crippen molar-refractivity contribution in [3.05, 3.63) is 35.9 Å². The third-order valence-electron chi connectivity index (χ3n) is 6.84. The summed E-state index contributed by atoms with van der Waals surface area (Å²) in [5, 5.41) is 2.41. The summed E-state index contributed by atoms with van der Waals surface area (Å²) in [4.78, 5) is 9.47. The monoisotopic (exact) mass is 358 g/mol. The molecule has 0 aromatic heterocycles. The average Bonchev–Trinajstić information content (AvgIpc) is 3.18. The van der Waals surface area contributed by atoms with Gasteiger partial charge >= 0.3 is 0 Å². The number of likely N-dealkylation sites (tertiary alicyclic amines) is 1. The molecular weight excluding hydrogens is 320 g/mol. The van der Waals surface area contributed by atoms with Crippen molar-refractivity contribution < 1.29 is 4.84 Å². The van der Waals surface area contributed by atoms with E-state index in [-0.39, 0.29) is 17.2 Å². The zero-order valence-corrected chi connectivity index (χ0v) is 17.5. The van der Waals surface area contributed by atoms with Crippen LogP contribution in [0.4, 0.5) is 0 Å². The van der Waals surface area contributed by atoms with E-state index in [1.54, 1.807) is 0 Å². The van der Waals surface area contributed by atoms with Gasteiger partial charge in [0, 0.05) is 17.1 Å². The van der Waals surface area contributed by atoms with Gasteiger partial charge in [-0.2, -0.15) is 5.06 Å². The first-order valence-corrected chi connectivity index (χ1v) is 10.7. The normalized spacial score (nSPS) is 27.5. The molecule has 0 amide bonds. The first-order chi connectivity index (χ1) is 12.4. The topological polar surface area (TPSA) is 15.7 Å². The second kappa shape index (κ2) is 8.00. The fourth-order valence-corrected chi connectivity index (χ4v) is 5.28. The lowest BCUT2D eigenvalue weighted by atomic mass is 9.74. The lowest BCUT2D eigenvalue weighted by molar-refractivity contribution is -0.319. The number of hydrogen-bond acceptors (Lipinski definition) is 3. The summed E-state index contributed by atoms with van der Waals surface area (Å²) < 4.78 is 0. The van der Waals surface area contributed by atoms with Crippen LogP contribution < -0.4 is 0 Å². The van der Waals surface area contributed by atoms with Crippen LogP contribution in [0.25, 0.3) is 0 Å². The van der Waals surface area contributed by atoms with E-state index in [0.29, 0.717) is 6.04 Å². The van der Waals surface area contributed by atoms with Gasteiger partial charge in [-0.25, -0.2) is 0 Å². The SMILES string of the molecule is CCC1(CC)CC(N2CCCC2)CC(C)(C)N1OC(C)c1ccccc1. The van der Waals surface area contributed by atoms with Gasteiger partial charge in [0.15, 0.2) is 0 Å². The molecule has 26 heavy (non-hydrogen) atoms. The molecule has 146 valence electrons. The predicted octanol–water partition coefficient (Wildman–Crippen LogP) is 5.58. The molecule has 2 fully saturated rings. The molecule has 0 aliphatic carbocycles. The maximum atomic E-state index is 6.72. The standard InChI is InChI=1S/C23H38N2O/c1-6-23(7-2)18-21(24-15-11-12-16-24)17-22(4,5)25(23)26-19(3)20-13-9-8-10-14-20/h8-10,13-14,19,21H,6-7,11-12,15-18H2,1-5H3. The lowest BCUT2D eigenvalue weighted by Crippen LogP contribution is -2.65. The first-order valence-electron chi connectivity index (χ1n) is 10.7. The third-order valence-corrected chi connectivity index (χ3v) is 6.84. The van der Waals surface area contributed by atoms with Crippen molar-refractivity contribution in [2.75, 3.05) is 13.1 Å². The largest absolute Gasteiger partial charge is 0.300 e. The maximum absolute atomic E-state index is 6.72. The van der Waals surface area contributed by atoms with Gasteiger partial charge in [-0.15, -0.1) is 0 Å². The highest BCUT2D eigenvalue weighted by Gasteiger charge is 2.51. The number of benzene rings is 1. The molecule has 2 saturated heterocycles. The van der Waals surface area contributed by atoms with Gasteiger partial charge in [0.25, 0.3) is 0 Å². The van der Waals surface area contributed by atoms with Crippen LogP contribution in [0.2, 0.25) is 0 Å². The van der Waals surface area contributed by atoms with Gasteiger partial charge in [-0.3, -0.25) is 4.84 Å². The van der Waals surface area contributed by atoms with E-state index in [1.807, 2.05) is 0 Å². The number of hydrogen-bond donors (Lipinski definition) is 0. The fraction of sp³-hybridized carbons (Fsp3) is 0.739. The Morgan fingerprint density at radius 3 is 2.23 bits per heavy atom. The van der Waals surface area contributed by atoms with Crippen LogP contribution in [-0.4, -0.2) is 40.2 Å². The summed E-state index contributed by atoms with van der Waals surface area (Å²) in [6.45, 7) is 14.2. The fourth-order valence-electron chi connectivity index (χ4n) is 5.28. The Kier molecular flexibility index (Phi) is 6.11. The van der Waals surface area contributed by atoms with Crippen molar-refractivity contribution in [2.24, 2.45) is 0 Å². The first kappa shape index (κ1) is 19.9. The van der Waals surface area contributed by atoms with Gasteiger partial charge in [0.1, 0.15) is 6.10 Å². The Bertz CT molecular complexity index is 561. The summed E-state index contributed by atoms with van der Waals surface area (Å²) in [6.07, 6.45) is 7.51. The van der Waals surface area contributed by atoms with Gasteiger partial charge in [-0.1, -0.05) is 44.2 Å². The second-order valence-corrected chi connectivity index (χ2v) is 9.00. The predicted molar refractivity (Wildman–Crippen MR) is 109 cm³/mol. The quantitative estimate of drug-likeness (QED) is 0.660. The minimum atomic E-state index is 0.0422. The molecule has 2 heterocycles. The van der Waals surface area contributed by atoms with Crippen LogP contribution in [-0.2, 0) is 4.84 Å². The molecule has 2 unspecified atom stereocenters. The molecule has 2 aliphatic rings. The average molecular weight is 359 g/mol. The summed E-state index contributed by atoms with van der Waals surface area (Å²) in [5.41, 5.74) is 1.42. The van der Waals surface area contributed by atoms with E-state index in [2.05, 4.69) is 74.9 Å². The zero-order chi connectivity index (χ0) is 18.8. The molecule has 3 heteroatoms. The molecule has 2 aliphatic heterocycles. The molecule has 0 spiro atoms. The Morgan fingerprint density at radius 2 is 1.65 bits per heavy atom. The van der Waals surface area contributed by atoms with Crippen molar-refractivity contribution in [1.29, 1.82) is 0 Å². The van der Waals surface area contributed by atoms with E-state index >= 15 is 0 Å². The molecular formula is C23H38N2O. The van der Waals surface area contributed by atoms with Crippen molar-refractivity contribution in [3.63, 3.8) is 0 Å². The molecule has 0 radical (unpaired) electrons. The third kappa shape index (κ3) is 3.85. The molecule has 2 atom stereocenters. The van der Waals surface area contributed by atoms with Gasteiger partial charge in [0.05, 0.1) is 0 Å². The van der Waals surface area contributed by atoms with Crippen LogP contribution in [0.3, 0.4) is 0 Å². The summed E-state index contributed by atoms with van der Waals surface area (Å²) in [5.74, 6) is 0. The van der Waals surface area contributed by atoms with Gasteiger partial charge in [-0.05, 0) is 77.9 Å². The summed E-state index contributed by atoms with van der Waals surface area (Å²) >= 11 is 0. The van der Waals surface area contributed by atoms with Crippen molar-refractivity contribution >= 4 is 0 Å². The van der Waals surface area contributed by atoms with Crippen LogP contribution in [0, 0.1) is 0 Å². The Labute approximate surface area is 160 Å². The Balaban J connectivity index is 1.84. The highest BCUT2D eigenvalue weighted by Crippen LogP contribution is 2.46. The van der Waals surface area contributed by atoms with Crippen molar-refractivity contribution in [1.82, 2.24) is 9.96 Å². The summed E-state index contributed by atoms with van der Waals surface area (Å²) in [6, 6.07) is 11.3. The minimum Gasteiger partial charge on any atom is -0.300 e. The van der Waals surface area contributed by atoms with Gasteiger partial charge in [0.2, 0.25) is 0 Å². The number of rotatable bonds is 6. The van der Waals surface area contributed by atoms with Gasteiger partial charge < -0.3 is 4.90 Å². The second-order valence-electron chi connectivity index (χ2n) is 9.00. The van der Waals surface area contributed by atoms with Crippen LogP contribution >= 0.6 is 0 Å². The van der Waals surface area contributed by atoms with Crippen molar-refractivity contribution in [2.45, 2.75) is 96.4 Å². The van der Waals surface area contributed by atoms with E-state index in [4.69, 9.17) is 4.84 Å². The van der Waals surface area contributed by atoms with Crippen LogP contribution in [0.5, 0.6) is 0 Å². The zero-order valence-electron chi connectivity index (χ0n) is 17.5. The molecule has 3 rings (SSSR count). The Hall–Kier alpha value is -0.900. The Morgan fingerprint density at radius 1 is 1.04 bits per heavy atom. The molecule has 0 saturated carbocycles. The minimum absolute atomic E-state index is 0.0422. The highest BCUT2D eigenvalue weighted by atomic mass is 16.7. The lowest BCUT2D eigenvalue weighted by Gasteiger charge is -2.58. The van der Waals surface area contributed by atoms with Crippen LogP contribution in [0.1, 0.15) is 84.8 Å². The summed E-state index contributed by atoms with van der Waals surface area (Å²) in [7, 11) is 0. The van der Waals surface area contributed by atoms with Crippen molar-refractivity contribution in [3.8, 4) is 0 Å². The molecule has 1 aromatic carbocycles. The maximum Gasteiger partial charge on any atom is 0.102 e.